The largest absolute Gasteiger partial charge is 0.444 e. The smallest absolute Gasteiger partial charge is 0.410 e. The number of ether oxygens (including phenoxy) is 1. The maximum atomic E-state index is 12.3. The van der Waals surface area contributed by atoms with Crippen molar-refractivity contribution in [3.05, 3.63) is 21.3 Å². The van der Waals surface area contributed by atoms with Gasteiger partial charge in [0.25, 0.3) is 0 Å². The first kappa shape index (κ1) is 17.6. The summed E-state index contributed by atoms with van der Waals surface area (Å²) >= 11 is 7.61. The molecule has 22 heavy (non-hydrogen) atoms. The molecule has 0 radical (unpaired) electrons. The lowest BCUT2D eigenvalue weighted by Gasteiger charge is -2.28. The number of thiophene rings is 1. The summed E-state index contributed by atoms with van der Waals surface area (Å²) in [6, 6.07) is 2.29. The predicted molar refractivity (Wildman–Crippen MR) is 91.6 cm³/mol. The molecular formula is C16H25ClN2O2S. The van der Waals surface area contributed by atoms with E-state index in [2.05, 4.69) is 5.32 Å². The summed E-state index contributed by atoms with van der Waals surface area (Å²) in [7, 11) is 0. The molecule has 1 saturated heterocycles. The predicted octanol–water partition coefficient (Wildman–Crippen LogP) is 4.28. The zero-order valence-electron chi connectivity index (χ0n) is 13.5. The maximum absolute atomic E-state index is 12.3. The highest BCUT2D eigenvalue weighted by atomic mass is 35.5. The molecule has 0 spiro atoms. The Hall–Kier alpha value is -0.780. The van der Waals surface area contributed by atoms with Gasteiger partial charge in [-0.2, -0.15) is 0 Å². The number of nitrogens with zero attached hydrogens (tertiary/aromatic N) is 1. The first-order valence-electron chi connectivity index (χ1n) is 7.78. The zero-order chi connectivity index (χ0) is 16.2. The Kier molecular flexibility index (Phi) is 6.12. The minimum absolute atomic E-state index is 0.208. The number of hydrogen-bond donors (Lipinski definition) is 1. The van der Waals surface area contributed by atoms with Crippen LogP contribution in [0.2, 0.25) is 5.02 Å². The van der Waals surface area contributed by atoms with E-state index in [9.17, 15) is 4.79 Å². The van der Waals surface area contributed by atoms with Gasteiger partial charge in [-0.3, -0.25) is 0 Å². The molecule has 2 heterocycles. The number of halogens is 1. The van der Waals surface area contributed by atoms with E-state index in [1.165, 1.54) is 4.88 Å². The van der Waals surface area contributed by atoms with Gasteiger partial charge in [0.2, 0.25) is 0 Å². The van der Waals surface area contributed by atoms with E-state index in [0.717, 1.165) is 37.4 Å². The molecule has 0 saturated carbocycles. The number of rotatable bonds is 3. The molecule has 2 rings (SSSR count). The van der Waals surface area contributed by atoms with Crippen LogP contribution in [0.25, 0.3) is 0 Å². The zero-order valence-corrected chi connectivity index (χ0v) is 15.1. The average Bonchev–Trinajstić information content (AvgIpc) is 2.69. The van der Waals surface area contributed by atoms with Crippen LogP contribution in [0.1, 0.15) is 44.9 Å². The third-order valence-electron chi connectivity index (χ3n) is 3.51. The number of hydrogen-bond acceptors (Lipinski definition) is 4. The van der Waals surface area contributed by atoms with Gasteiger partial charge in [0.1, 0.15) is 5.60 Å². The highest BCUT2D eigenvalue weighted by molar-refractivity contribution is 7.10. The molecule has 0 bridgehead atoms. The highest BCUT2D eigenvalue weighted by Crippen LogP contribution is 2.20. The van der Waals surface area contributed by atoms with Crippen molar-refractivity contribution in [2.24, 2.45) is 0 Å². The van der Waals surface area contributed by atoms with Crippen molar-refractivity contribution in [2.75, 3.05) is 13.1 Å². The lowest BCUT2D eigenvalue weighted by Crippen LogP contribution is -2.44. The van der Waals surface area contributed by atoms with Gasteiger partial charge < -0.3 is 15.0 Å². The first-order valence-corrected chi connectivity index (χ1v) is 9.03. The molecule has 1 unspecified atom stereocenters. The van der Waals surface area contributed by atoms with Gasteiger partial charge in [-0.05, 0) is 39.7 Å². The first-order chi connectivity index (χ1) is 10.3. The Morgan fingerprint density at radius 2 is 2.27 bits per heavy atom. The van der Waals surface area contributed by atoms with Crippen molar-refractivity contribution in [1.82, 2.24) is 10.2 Å². The molecule has 1 aromatic heterocycles. The number of carbonyl (C=O) groups is 1. The van der Waals surface area contributed by atoms with Crippen molar-refractivity contribution >= 4 is 29.0 Å². The van der Waals surface area contributed by atoms with Gasteiger partial charge >= 0.3 is 6.09 Å². The molecule has 4 nitrogen and oxygen atoms in total. The lowest BCUT2D eigenvalue weighted by molar-refractivity contribution is 0.0243. The van der Waals surface area contributed by atoms with E-state index in [1.54, 1.807) is 11.3 Å². The van der Waals surface area contributed by atoms with Crippen molar-refractivity contribution in [3.8, 4) is 0 Å². The molecule has 124 valence electrons. The molecule has 1 aliphatic rings. The SMILES string of the molecule is CC(C)(C)OC(=O)N1CCCCC(NCc2cc(Cl)cs2)C1. The van der Waals surface area contributed by atoms with Crippen molar-refractivity contribution in [3.63, 3.8) is 0 Å². The van der Waals surface area contributed by atoms with Gasteiger partial charge in [-0.25, -0.2) is 4.79 Å². The van der Waals surface area contributed by atoms with Crippen LogP contribution >= 0.6 is 22.9 Å². The molecule has 1 amide bonds. The van der Waals surface area contributed by atoms with E-state index < -0.39 is 5.60 Å². The van der Waals surface area contributed by atoms with Crippen LogP contribution in [0.15, 0.2) is 11.4 Å². The van der Waals surface area contributed by atoms with Crippen LogP contribution in [-0.4, -0.2) is 35.7 Å². The molecule has 1 aliphatic heterocycles. The Labute approximate surface area is 141 Å². The van der Waals surface area contributed by atoms with Crippen LogP contribution in [0, 0.1) is 0 Å². The maximum Gasteiger partial charge on any atom is 0.410 e. The van der Waals surface area contributed by atoms with Crippen molar-refractivity contribution in [1.29, 1.82) is 0 Å². The standard InChI is InChI=1S/C16H25ClN2O2S/c1-16(2,3)21-15(20)19-7-5-4-6-13(10-19)18-9-14-8-12(17)11-22-14/h8,11,13,18H,4-7,9-10H2,1-3H3. The topological polar surface area (TPSA) is 41.6 Å². The highest BCUT2D eigenvalue weighted by Gasteiger charge is 2.26. The van der Waals surface area contributed by atoms with Gasteiger partial charge in [0.05, 0.1) is 5.02 Å². The van der Waals surface area contributed by atoms with Gasteiger partial charge in [0.15, 0.2) is 0 Å². The van der Waals surface area contributed by atoms with Gasteiger partial charge in [-0.15, -0.1) is 11.3 Å². The van der Waals surface area contributed by atoms with E-state index in [1.807, 2.05) is 37.1 Å². The lowest BCUT2D eigenvalue weighted by atomic mass is 10.1. The van der Waals surface area contributed by atoms with Crippen LogP contribution in [-0.2, 0) is 11.3 Å². The van der Waals surface area contributed by atoms with E-state index in [0.29, 0.717) is 12.6 Å². The monoisotopic (exact) mass is 344 g/mol. The summed E-state index contributed by atoms with van der Waals surface area (Å²) < 4.78 is 5.49. The minimum atomic E-state index is -0.444. The number of nitrogens with one attached hydrogen (secondary N) is 1. The fourth-order valence-electron chi connectivity index (χ4n) is 2.49. The number of amides is 1. The molecule has 0 aliphatic carbocycles. The minimum Gasteiger partial charge on any atom is -0.444 e. The molecule has 1 fully saturated rings. The van der Waals surface area contributed by atoms with E-state index >= 15 is 0 Å². The Morgan fingerprint density at radius 3 is 2.91 bits per heavy atom. The van der Waals surface area contributed by atoms with Crippen molar-refractivity contribution < 1.29 is 9.53 Å². The summed E-state index contributed by atoms with van der Waals surface area (Å²) in [6.45, 7) is 7.98. The molecule has 6 heteroatoms. The van der Waals surface area contributed by atoms with Crippen LogP contribution < -0.4 is 5.32 Å². The number of likely N-dealkylation sites (tertiary alicyclic amines) is 1. The molecule has 1 atom stereocenters. The molecule has 0 aromatic carbocycles. The third kappa shape index (κ3) is 5.78. The van der Waals surface area contributed by atoms with Crippen LogP contribution in [0.4, 0.5) is 4.79 Å². The second-order valence-corrected chi connectivity index (χ2v) is 8.16. The fourth-order valence-corrected chi connectivity index (χ4v) is 3.52. The summed E-state index contributed by atoms with van der Waals surface area (Å²) in [5.41, 5.74) is -0.444. The Morgan fingerprint density at radius 1 is 1.50 bits per heavy atom. The molecular weight excluding hydrogens is 320 g/mol. The average molecular weight is 345 g/mol. The summed E-state index contributed by atoms with van der Waals surface area (Å²) in [6.07, 6.45) is 3.03. The quantitative estimate of drug-likeness (QED) is 0.889. The normalized spacial score (nSPS) is 19.8. The number of carbonyl (C=O) groups excluding carboxylic acids is 1. The van der Waals surface area contributed by atoms with Crippen LogP contribution in [0.5, 0.6) is 0 Å². The van der Waals surface area contributed by atoms with Gasteiger partial charge in [-0.1, -0.05) is 18.0 Å². The fraction of sp³-hybridized carbons (Fsp3) is 0.688. The van der Waals surface area contributed by atoms with Crippen LogP contribution in [0.3, 0.4) is 0 Å². The van der Waals surface area contributed by atoms with Gasteiger partial charge in [0, 0.05) is 35.9 Å². The molecule has 1 aromatic rings. The van der Waals surface area contributed by atoms with Crippen molar-refractivity contribution in [2.45, 2.75) is 58.2 Å². The second-order valence-electron chi connectivity index (χ2n) is 6.73. The summed E-state index contributed by atoms with van der Waals surface area (Å²) in [4.78, 5) is 15.3. The Balaban J connectivity index is 1.87. The third-order valence-corrected chi connectivity index (χ3v) is 4.79. The summed E-state index contributed by atoms with van der Waals surface area (Å²) in [5, 5.41) is 6.27. The van der Waals surface area contributed by atoms with E-state index in [4.69, 9.17) is 16.3 Å². The second kappa shape index (κ2) is 7.66. The summed E-state index contributed by atoms with van der Waals surface area (Å²) in [5.74, 6) is 0. The van der Waals surface area contributed by atoms with E-state index in [-0.39, 0.29) is 6.09 Å². The Bertz CT molecular complexity index is 499. The molecule has 1 N–H and O–H groups in total.